The first-order valence-corrected chi connectivity index (χ1v) is 10.4. The number of benzene rings is 3. The van der Waals surface area contributed by atoms with Gasteiger partial charge in [-0.3, -0.25) is 9.59 Å². The van der Waals surface area contributed by atoms with E-state index < -0.39 is 12.1 Å². The number of hydrogen-bond acceptors (Lipinski definition) is 2. The molecule has 1 saturated heterocycles. The number of carbonyl (C=O) groups excluding carboxylic acids is 2. The summed E-state index contributed by atoms with van der Waals surface area (Å²) >= 11 is 3.43. The molecule has 0 radical (unpaired) electrons. The molecule has 29 heavy (non-hydrogen) atoms. The Bertz CT molecular complexity index is 990. The van der Waals surface area contributed by atoms with Gasteiger partial charge in [-0.05, 0) is 28.8 Å². The monoisotopic (exact) mass is 448 g/mol. The molecule has 4 rings (SSSR count). The molecule has 4 nitrogen and oxygen atoms in total. The molecule has 1 N–H and O–H groups in total. The van der Waals surface area contributed by atoms with Crippen LogP contribution in [0.5, 0.6) is 0 Å². The van der Waals surface area contributed by atoms with Crippen LogP contribution in [-0.4, -0.2) is 22.8 Å². The molecule has 5 heteroatoms. The van der Waals surface area contributed by atoms with Gasteiger partial charge in [0.25, 0.3) is 0 Å². The van der Waals surface area contributed by atoms with Crippen molar-refractivity contribution in [1.82, 2.24) is 10.2 Å². The van der Waals surface area contributed by atoms with Crippen molar-refractivity contribution < 1.29 is 9.59 Å². The number of nitrogens with one attached hydrogen (secondary N) is 1. The second-order valence-corrected chi connectivity index (χ2v) is 8.07. The van der Waals surface area contributed by atoms with Gasteiger partial charge in [0.2, 0.25) is 11.8 Å². The van der Waals surface area contributed by atoms with Crippen LogP contribution in [0.15, 0.2) is 89.4 Å². The molecule has 0 spiro atoms. The lowest BCUT2D eigenvalue weighted by Gasteiger charge is -2.39. The minimum absolute atomic E-state index is 0.0646. The van der Waals surface area contributed by atoms with E-state index in [0.717, 1.165) is 21.2 Å². The fourth-order valence-electron chi connectivity index (χ4n) is 3.70. The third-order valence-electron chi connectivity index (χ3n) is 5.12. The van der Waals surface area contributed by atoms with E-state index in [2.05, 4.69) is 21.2 Å². The molecule has 2 unspecified atom stereocenters. The molecule has 3 aromatic rings. The van der Waals surface area contributed by atoms with Crippen LogP contribution in [0.1, 0.15) is 22.7 Å². The number of piperazine rings is 1. The quantitative estimate of drug-likeness (QED) is 0.633. The van der Waals surface area contributed by atoms with E-state index in [1.54, 1.807) is 4.90 Å². The normalized spacial score (nSPS) is 19.1. The lowest BCUT2D eigenvalue weighted by atomic mass is 9.95. The second-order valence-electron chi connectivity index (χ2n) is 7.16. The summed E-state index contributed by atoms with van der Waals surface area (Å²) in [5.74, 6) is -0.214. The highest BCUT2D eigenvalue weighted by molar-refractivity contribution is 9.10. The zero-order valence-electron chi connectivity index (χ0n) is 15.8. The Morgan fingerprint density at radius 1 is 0.793 bits per heavy atom. The first kappa shape index (κ1) is 19.4. The molecule has 1 heterocycles. The largest absolute Gasteiger partial charge is 0.342 e. The van der Waals surface area contributed by atoms with Crippen LogP contribution in [0.4, 0.5) is 0 Å². The molecular weight excluding hydrogens is 428 g/mol. The molecule has 0 aromatic heterocycles. The van der Waals surface area contributed by atoms with Crippen LogP contribution in [-0.2, 0) is 22.6 Å². The lowest BCUT2D eigenvalue weighted by molar-refractivity contribution is -0.150. The topological polar surface area (TPSA) is 49.4 Å². The van der Waals surface area contributed by atoms with Crippen LogP contribution in [0, 0.1) is 0 Å². The van der Waals surface area contributed by atoms with Gasteiger partial charge in [-0.15, -0.1) is 0 Å². The number of carbonyl (C=O) groups is 2. The average molecular weight is 449 g/mol. The average Bonchev–Trinajstić information content (AvgIpc) is 2.74. The molecule has 3 aromatic carbocycles. The summed E-state index contributed by atoms with van der Waals surface area (Å²) in [6, 6.07) is 25.9. The maximum absolute atomic E-state index is 13.4. The summed E-state index contributed by atoms with van der Waals surface area (Å²) in [6.07, 6.45) is 0.476. The summed E-state index contributed by atoms with van der Waals surface area (Å²) in [7, 11) is 0. The van der Waals surface area contributed by atoms with Crippen molar-refractivity contribution in [2.24, 2.45) is 0 Å². The van der Waals surface area contributed by atoms with Crippen molar-refractivity contribution in [1.29, 1.82) is 0 Å². The molecule has 0 aliphatic carbocycles. The van der Waals surface area contributed by atoms with E-state index in [1.807, 2.05) is 84.9 Å². The Kier molecular flexibility index (Phi) is 5.76. The zero-order chi connectivity index (χ0) is 20.2. The highest BCUT2D eigenvalue weighted by Gasteiger charge is 2.41. The van der Waals surface area contributed by atoms with Gasteiger partial charge < -0.3 is 10.2 Å². The fraction of sp³-hybridized carbons (Fsp3) is 0.167. The summed E-state index contributed by atoms with van der Waals surface area (Å²) < 4.78 is 0.931. The fourth-order valence-corrected chi connectivity index (χ4v) is 3.96. The third-order valence-corrected chi connectivity index (χ3v) is 5.65. The highest BCUT2D eigenvalue weighted by Crippen LogP contribution is 2.29. The molecule has 2 amide bonds. The van der Waals surface area contributed by atoms with Crippen LogP contribution in [0.2, 0.25) is 0 Å². The van der Waals surface area contributed by atoms with E-state index in [9.17, 15) is 9.59 Å². The summed E-state index contributed by atoms with van der Waals surface area (Å²) in [4.78, 5) is 28.2. The predicted molar refractivity (Wildman–Crippen MR) is 116 cm³/mol. The minimum atomic E-state index is -0.650. The van der Waals surface area contributed by atoms with E-state index >= 15 is 0 Å². The summed E-state index contributed by atoms with van der Waals surface area (Å²) in [5, 5.41) is 2.95. The zero-order valence-corrected chi connectivity index (χ0v) is 17.4. The van der Waals surface area contributed by atoms with Crippen LogP contribution >= 0.6 is 15.9 Å². The van der Waals surface area contributed by atoms with E-state index in [0.29, 0.717) is 13.0 Å². The van der Waals surface area contributed by atoms with Crippen molar-refractivity contribution in [3.63, 3.8) is 0 Å². The van der Waals surface area contributed by atoms with Gasteiger partial charge >= 0.3 is 0 Å². The molecule has 0 bridgehead atoms. The number of halogens is 1. The molecule has 1 aliphatic rings. The van der Waals surface area contributed by atoms with Gasteiger partial charge in [0.1, 0.15) is 12.1 Å². The van der Waals surface area contributed by atoms with E-state index in [1.165, 1.54) is 0 Å². The second kappa shape index (κ2) is 8.62. The molecular formula is C24H21BrN2O2. The Hall–Kier alpha value is -2.92. The third kappa shape index (κ3) is 4.40. The van der Waals surface area contributed by atoms with Crippen molar-refractivity contribution in [3.05, 3.63) is 106 Å². The van der Waals surface area contributed by atoms with Crippen molar-refractivity contribution in [3.8, 4) is 0 Å². The standard InChI is InChI=1S/C24H21BrN2O2/c25-20-13-11-19(12-14-20)22-23(28)26-21(15-17-7-3-1-4-8-17)24(29)27(22)16-18-9-5-2-6-10-18/h1-14,21-22H,15-16H2,(H,26,28). The van der Waals surface area contributed by atoms with Crippen molar-refractivity contribution in [2.75, 3.05) is 0 Å². The number of amides is 2. The maximum Gasteiger partial charge on any atom is 0.248 e. The van der Waals surface area contributed by atoms with Crippen LogP contribution in [0.3, 0.4) is 0 Å². The van der Waals surface area contributed by atoms with Gasteiger partial charge in [0.05, 0.1) is 0 Å². The smallest absolute Gasteiger partial charge is 0.248 e. The van der Waals surface area contributed by atoms with Gasteiger partial charge in [0, 0.05) is 17.4 Å². The Morgan fingerprint density at radius 2 is 1.38 bits per heavy atom. The Balaban J connectivity index is 1.66. The van der Waals surface area contributed by atoms with Gasteiger partial charge in [-0.2, -0.15) is 0 Å². The summed E-state index contributed by atoms with van der Waals surface area (Å²) in [6.45, 7) is 0.388. The number of rotatable bonds is 5. The molecule has 1 fully saturated rings. The summed E-state index contributed by atoms with van der Waals surface area (Å²) in [5.41, 5.74) is 2.82. The van der Waals surface area contributed by atoms with Gasteiger partial charge in [-0.1, -0.05) is 88.7 Å². The predicted octanol–water partition coefficient (Wildman–Crippen LogP) is 4.26. The number of hydrogen-bond donors (Lipinski definition) is 1. The molecule has 146 valence electrons. The van der Waals surface area contributed by atoms with Gasteiger partial charge in [-0.25, -0.2) is 0 Å². The minimum Gasteiger partial charge on any atom is -0.342 e. The molecule has 1 aliphatic heterocycles. The van der Waals surface area contributed by atoms with Crippen molar-refractivity contribution in [2.45, 2.75) is 25.0 Å². The lowest BCUT2D eigenvalue weighted by Crippen LogP contribution is -2.59. The number of nitrogens with zero attached hydrogens (tertiary/aromatic N) is 1. The first-order chi connectivity index (χ1) is 14.1. The molecule has 0 saturated carbocycles. The van der Waals surface area contributed by atoms with Crippen LogP contribution < -0.4 is 5.32 Å². The Morgan fingerprint density at radius 3 is 2.00 bits per heavy atom. The van der Waals surface area contributed by atoms with Crippen molar-refractivity contribution >= 4 is 27.7 Å². The van der Waals surface area contributed by atoms with Gasteiger partial charge in [0.15, 0.2) is 0 Å². The maximum atomic E-state index is 13.4. The van der Waals surface area contributed by atoms with Crippen LogP contribution in [0.25, 0.3) is 0 Å². The first-order valence-electron chi connectivity index (χ1n) is 9.56. The van der Waals surface area contributed by atoms with E-state index in [4.69, 9.17) is 0 Å². The van der Waals surface area contributed by atoms with E-state index in [-0.39, 0.29) is 11.8 Å². The highest BCUT2D eigenvalue weighted by atomic mass is 79.9. The Labute approximate surface area is 178 Å². The molecule has 2 atom stereocenters. The SMILES string of the molecule is O=C1NC(Cc2ccccc2)C(=O)N(Cc2ccccc2)C1c1ccc(Br)cc1.